The Balaban J connectivity index is 1.87. The Morgan fingerprint density at radius 2 is 2.12 bits per heavy atom. The van der Waals surface area contributed by atoms with Gasteiger partial charge >= 0.3 is 0 Å². The Morgan fingerprint density at radius 1 is 1.50 bits per heavy atom. The first-order chi connectivity index (χ1) is 7.60. The highest BCUT2D eigenvalue weighted by Crippen LogP contribution is 2.17. The number of hydrogen-bond donors (Lipinski definition) is 2. The number of halogens is 1. The van der Waals surface area contributed by atoms with Gasteiger partial charge in [0.15, 0.2) is 0 Å². The van der Waals surface area contributed by atoms with Crippen molar-refractivity contribution in [1.29, 1.82) is 0 Å². The van der Waals surface area contributed by atoms with Gasteiger partial charge in [0.05, 0.1) is 5.54 Å². The van der Waals surface area contributed by atoms with Crippen LogP contribution in [0.2, 0.25) is 5.02 Å². The Morgan fingerprint density at radius 3 is 2.62 bits per heavy atom. The van der Waals surface area contributed by atoms with E-state index in [0.29, 0.717) is 11.6 Å². The molecule has 1 atom stereocenters. The summed E-state index contributed by atoms with van der Waals surface area (Å²) in [6, 6.07) is 7.48. The predicted octanol–water partition coefficient (Wildman–Crippen LogP) is 1.71. The molecule has 86 valence electrons. The van der Waals surface area contributed by atoms with Crippen molar-refractivity contribution in [1.82, 2.24) is 10.6 Å². The second kappa shape index (κ2) is 4.44. The fourth-order valence-electron chi connectivity index (χ4n) is 1.67. The quantitative estimate of drug-likeness (QED) is 0.842. The third-order valence-electron chi connectivity index (χ3n) is 3.01. The molecule has 1 amide bonds. The van der Waals surface area contributed by atoms with Crippen molar-refractivity contribution >= 4 is 17.5 Å². The summed E-state index contributed by atoms with van der Waals surface area (Å²) in [5.41, 5.74) is 0.688. The number of benzene rings is 1. The normalized spacial score (nSPS) is 23.6. The van der Waals surface area contributed by atoms with E-state index in [4.69, 9.17) is 11.6 Å². The van der Waals surface area contributed by atoms with E-state index in [1.54, 1.807) is 0 Å². The molecule has 3 nitrogen and oxygen atoms in total. The number of hydrogen-bond acceptors (Lipinski definition) is 2. The maximum absolute atomic E-state index is 11.8. The maximum atomic E-state index is 11.8. The maximum Gasteiger partial charge on any atom is 0.240 e. The lowest BCUT2D eigenvalue weighted by Gasteiger charge is -2.38. The van der Waals surface area contributed by atoms with E-state index in [2.05, 4.69) is 10.6 Å². The summed E-state index contributed by atoms with van der Waals surface area (Å²) in [7, 11) is 0. The standard InChI is InChI=1S/C12H15ClN2O/c1-12(6-7-15-12)11(16)14-8-9-2-4-10(13)5-3-9/h2-5,15H,6-8H2,1H3,(H,14,16). The molecule has 16 heavy (non-hydrogen) atoms. The lowest BCUT2D eigenvalue weighted by molar-refractivity contribution is -0.129. The number of carbonyl (C=O) groups is 1. The molecular formula is C12H15ClN2O. The van der Waals surface area contributed by atoms with Gasteiger partial charge in [-0.2, -0.15) is 0 Å². The Hall–Kier alpha value is -1.06. The van der Waals surface area contributed by atoms with Crippen LogP contribution in [-0.2, 0) is 11.3 Å². The summed E-state index contributed by atoms with van der Waals surface area (Å²) < 4.78 is 0. The molecule has 0 spiro atoms. The molecule has 0 saturated carbocycles. The molecule has 2 rings (SSSR count). The van der Waals surface area contributed by atoms with Gasteiger partial charge in [0.1, 0.15) is 0 Å². The first-order valence-electron chi connectivity index (χ1n) is 5.38. The average molecular weight is 239 g/mol. The van der Waals surface area contributed by atoms with Crippen LogP contribution in [0.15, 0.2) is 24.3 Å². The molecule has 1 aromatic rings. The number of amides is 1. The minimum atomic E-state index is -0.369. The van der Waals surface area contributed by atoms with Crippen molar-refractivity contribution in [3.05, 3.63) is 34.9 Å². The van der Waals surface area contributed by atoms with Gasteiger partial charge in [-0.05, 0) is 37.6 Å². The lowest BCUT2D eigenvalue weighted by Crippen LogP contribution is -2.63. The van der Waals surface area contributed by atoms with Crippen molar-refractivity contribution in [2.24, 2.45) is 0 Å². The zero-order chi connectivity index (χ0) is 11.6. The van der Waals surface area contributed by atoms with E-state index in [9.17, 15) is 4.79 Å². The van der Waals surface area contributed by atoms with Crippen LogP contribution in [-0.4, -0.2) is 18.0 Å². The van der Waals surface area contributed by atoms with E-state index in [-0.39, 0.29) is 11.4 Å². The largest absolute Gasteiger partial charge is 0.350 e. The van der Waals surface area contributed by atoms with E-state index >= 15 is 0 Å². The predicted molar refractivity (Wildman–Crippen MR) is 64.3 cm³/mol. The van der Waals surface area contributed by atoms with Crippen molar-refractivity contribution in [3.8, 4) is 0 Å². The third-order valence-corrected chi connectivity index (χ3v) is 3.26. The molecule has 1 aliphatic heterocycles. The second-order valence-corrected chi connectivity index (χ2v) is 4.75. The molecule has 1 aromatic carbocycles. The molecule has 1 unspecified atom stereocenters. The molecule has 1 aliphatic rings. The zero-order valence-electron chi connectivity index (χ0n) is 9.22. The third kappa shape index (κ3) is 2.36. The van der Waals surface area contributed by atoms with Crippen LogP contribution in [0.1, 0.15) is 18.9 Å². The molecule has 0 aromatic heterocycles. The summed E-state index contributed by atoms with van der Waals surface area (Å²) in [6.07, 6.45) is 0.902. The minimum Gasteiger partial charge on any atom is -0.350 e. The summed E-state index contributed by atoms with van der Waals surface area (Å²) in [6.45, 7) is 3.39. The van der Waals surface area contributed by atoms with Gasteiger partial charge in [-0.3, -0.25) is 4.79 Å². The van der Waals surface area contributed by atoms with Crippen LogP contribution in [0.5, 0.6) is 0 Å². The second-order valence-electron chi connectivity index (χ2n) is 4.32. The topological polar surface area (TPSA) is 41.1 Å². The van der Waals surface area contributed by atoms with Gasteiger partial charge in [-0.15, -0.1) is 0 Å². The molecule has 1 fully saturated rings. The van der Waals surface area contributed by atoms with Crippen molar-refractivity contribution in [2.45, 2.75) is 25.4 Å². The lowest BCUT2D eigenvalue weighted by atomic mass is 9.89. The fraction of sp³-hybridized carbons (Fsp3) is 0.417. The number of nitrogens with one attached hydrogen (secondary N) is 2. The number of carbonyl (C=O) groups excluding carboxylic acids is 1. The molecule has 4 heteroatoms. The molecule has 0 radical (unpaired) electrons. The molecule has 1 heterocycles. The first-order valence-corrected chi connectivity index (χ1v) is 5.76. The van der Waals surface area contributed by atoms with Crippen molar-refractivity contribution < 1.29 is 4.79 Å². The SMILES string of the molecule is CC1(C(=O)NCc2ccc(Cl)cc2)CCN1. The average Bonchev–Trinajstić information content (AvgIpc) is 2.24. The van der Waals surface area contributed by atoms with Crippen LogP contribution in [0.3, 0.4) is 0 Å². The Bertz CT molecular complexity index is 385. The van der Waals surface area contributed by atoms with Gasteiger partial charge < -0.3 is 10.6 Å². The Kier molecular flexibility index (Phi) is 3.17. The van der Waals surface area contributed by atoms with Crippen LogP contribution >= 0.6 is 11.6 Å². The van der Waals surface area contributed by atoms with Gasteiger partial charge in [0.25, 0.3) is 0 Å². The zero-order valence-corrected chi connectivity index (χ0v) is 9.97. The fourth-order valence-corrected chi connectivity index (χ4v) is 1.80. The van der Waals surface area contributed by atoms with Crippen LogP contribution in [0.25, 0.3) is 0 Å². The smallest absolute Gasteiger partial charge is 0.240 e. The minimum absolute atomic E-state index is 0.0636. The summed E-state index contributed by atoms with van der Waals surface area (Å²) >= 11 is 5.78. The van der Waals surface area contributed by atoms with Crippen LogP contribution in [0, 0.1) is 0 Å². The number of rotatable bonds is 3. The van der Waals surface area contributed by atoms with Gasteiger partial charge in [-0.25, -0.2) is 0 Å². The highest BCUT2D eigenvalue weighted by molar-refractivity contribution is 6.30. The molecule has 1 saturated heterocycles. The monoisotopic (exact) mass is 238 g/mol. The molecule has 0 bridgehead atoms. The highest BCUT2D eigenvalue weighted by Gasteiger charge is 2.38. The van der Waals surface area contributed by atoms with Crippen LogP contribution < -0.4 is 10.6 Å². The highest BCUT2D eigenvalue weighted by atomic mass is 35.5. The summed E-state index contributed by atoms with van der Waals surface area (Å²) in [5.74, 6) is 0.0636. The molecular weight excluding hydrogens is 224 g/mol. The van der Waals surface area contributed by atoms with Gasteiger partial charge in [-0.1, -0.05) is 23.7 Å². The summed E-state index contributed by atoms with van der Waals surface area (Å²) in [4.78, 5) is 11.8. The van der Waals surface area contributed by atoms with E-state index in [1.807, 2.05) is 31.2 Å². The van der Waals surface area contributed by atoms with E-state index in [0.717, 1.165) is 18.5 Å². The molecule has 0 aliphatic carbocycles. The van der Waals surface area contributed by atoms with Crippen molar-refractivity contribution in [3.63, 3.8) is 0 Å². The first kappa shape index (κ1) is 11.4. The summed E-state index contributed by atoms with van der Waals surface area (Å²) in [5, 5.41) is 6.76. The van der Waals surface area contributed by atoms with E-state index in [1.165, 1.54) is 0 Å². The van der Waals surface area contributed by atoms with Crippen LogP contribution in [0.4, 0.5) is 0 Å². The molecule has 2 N–H and O–H groups in total. The van der Waals surface area contributed by atoms with Crippen molar-refractivity contribution in [2.75, 3.05) is 6.54 Å². The van der Waals surface area contributed by atoms with E-state index < -0.39 is 0 Å². The van der Waals surface area contributed by atoms with Gasteiger partial charge in [0.2, 0.25) is 5.91 Å². The Labute approximate surface area is 100 Å². The van der Waals surface area contributed by atoms with Gasteiger partial charge in [0, 0.05) is 11.6 Å².